The molecule has 2 aromatic rings. The maximum absolute atomic E-state index is 11.5. The minimum absolute atomic E-state index is 0.163. The molecule has 0 heterocycles. The summed E-state index contributed by atoms with van der Waals surface area (Å²) in [5, 5.41) is 9.41. The molecule has 1 unspecified atom stereocenters. The molecule has 6 nitrogen and oxygen atoms in total. The Morgan fingerprint density at radius 3 is 2.38 bits per heavy atom. The molecule has 0 aliphatic heterocycles. The highest BCUT2D eigenvalue weighted by atomic mass is 16.5. The van der Waals surface area contributed by atoms with Crippen LogP contribution in [-0.2, 0) is 16.0 Å². The Hall–Kier alpha value is -3.17. The Labute approximate surface area is 171 Å². The number of carboxylic acid groups (broad SMARTS) is 1. The van der Waals surface area contributed by atoms with Gasteiger partial charge >= 0.3 is 5.97 Å². The van der Waals surface area contributed by atoms with Gasteiger partial charge in [0.1, 0.15) is 12.4 Å². The van der Waals surface area contributed by atoms with Gasteiger partial charge in [-0.05, 0) is 44.2 Å². The third-order valence-electron chi connectivity index (χ3n) is 4.00. The lowest BCUT2D eigenvalue weighted by Crippen LogP contribution is -2.29. The Bertz CT molecular complexity index is 861. The zero-order valence-corrected chi connectivity index (χ0v) is 17.1. The lowest BCUT2D eigenvalue weighted by molar-refractivity contribution is -0.153. The van der Waals surface area contributed by atoms with Crippen LogP contribution in [0.1, 0.15) is 25.0 Å². The van der Waals surface area contributed by atoms with Crippen molar-refractivity contribution in [1.29, 1.82) is 0 Å². The number of hydrogen-bond donors (Lipinski definition) is 1. The second-order valence-electron chi connectivity index (χ2n) is 6.48. The van der Waals surface area contributed by atoms with Gasteiger partial charge in [-0.3, -0.25) is 0 Å². The number of methoxy groups -OCH3 is 2. The maximum Gasteiger partial charge on any atom is 0.333 e. The topological polar surface area (TPSA) is 74.2 Å². The molecule has 2 rings (SSSR count). The molecule has 2 aromatic carbocycles. The molecule has 0 saturated heterocycles. The van der Waals surface area contributed by atoms with Crippen LogP contribution in [0.25, 0.3) is 0 Å². The summed E-state index contributed by atoms with van der Waals surface area (Å²) >= 11 is 0. The number of rotatable bonds is 9. The number of carbonyl (C=O) groups is 1. The van der Waals surface area contributed by atoms with Gasteiger partial charge in [0.15, 0.2) is 17.6 Å². The lowest BCUT2D eigenvalue weighted by atomic mass is 10.1. The van der Waals surface area contributed by atoms with Crippen molar-refractivity contribution < 1.29 is 28.8 Å². The normalized spacial score (nSPS) is 11.3. The molecular formula is C23H26O6. The zero-order chi connectivity index (χ0) is 21.2. The van der Waals surface area contributed by atoms with E-state index >= 15 is 0 Å². The van der Waals surface area contributed by atoms with Gasteiger partial charge in [0, 0.05) is 17.5 Å². The summed E-state index contributed by atoms with van der Waals surface area (Å²) < 4.78 is 21.8. The fourth-order valence-electron chi connectivity index (χ4n) is 2.72. The van der Waals surface area contributed by atoms with Crippen LogP contribution >= 0.6 is 0 Å². The van der Waals surface area contributed by atoms with E-state index in [1.807, 2.05) is 24.3 Å². The van der Waals surface area contributed by atoms with E-state index in [9.17, 15) is 9.90 Å². The Morgan fingerprint density at radius 1 is 1.07 bits per heavy atom. The Morgan fingerprint density at radius 2 is 1.79 bits per heavy atom. The predicted molar refractivity (Wildman–Crippen MR) is 110 cm³/mol. The van der Waals surface area contributed by atoms with Gasteiger partial charge < -0.3 is 24.1 Å². The summed E-state index contributed by atoms with van der Waals surface area (Å²) in [4.78, 5) is 11.5. The highest BCUT2D eigenvalue weighted by molar-refractivity contribution is 5.73. The molecule has 0 saturated carbocycles. The number of para-hydroxylation sites is 1. The molecular weight excluding hydrogens is 372 g/mol. The van der Waals surface area contributed by atoms with Crippen LogP contribution in [0.2, 0.25) is 0 Å². The Kier molecular flexibility index (Phi) is 8.38. The standard InChI is InChI=1S/C23H26O6/c1-16(2)29-21(23(24)25)15-18-8-5-9-20(22(18)27-4)28-14-6-7-17-10-12-19(26-3)13-11-17/h5,8-13,16,21H,14-15H2,1-4H3,(H,24,25). The van der Waals surface area contributed by atoms with Crippen molar-refractivity contribution in [2.24, 2.45) is 0 Å². The zero-order valence-electron chi connectivity index (χ0n) is 17.1. The van der Waals surface area contributed by atoms with Crippen LogP contribution in [-0.4, -0.2) is 44.1 Å². The summed E-state index contributed by atoms with van der Waals surface area (Å²) in [6, 6.07) is 12.8. The Balaban J connectivity index is 2.08. The van der Waals surface area contributed by atoms with Crippen LogP contribution in [0.5, 0.6) is 17.2 Å². The second-order valence-corrected chi connectivity index (χ2v) is 6.48. The maximum atomic E-state index is 11.5. The molecule has 1 atom stereocenters. The van der Waals surface area contributed by atoms with Crippen LogP contribution in [0.3, 0.4) is 0 Å². The summed E-state index contributed by atoms with van der Waals surface area (Å²) in [5.41, 5.74) is 1.55. The highest BCUT2D eigenvalue weighted by Gasteiger charge is 2.23. The molecule has 0 aliphatic carbocycles. The lowest BCUT2D eigenvalue weighted by Gasteiger charge is -2.19. The summed E-state index contributed by atoms with van der Waals surface area (Å²) in [6.45, 7) is 3.76. The van der Waals surface area contributed by atoms with Crippen LogP contribution < -0.4 is 14.2 Å². The van der Waals surface area contributed by atoms with E-state index < -0.39 is 12.1 Å². The molecule has 0 aliphatic rings. The number of aliphatic carboxylic acids is 1. The van der Waals surface area contributed by atoms with E-state index in [1.54, 1.807) is 39.2 Å². The van der Waals surface area contributed by atoms with Gasteiger partial charge in [-0.15, -0.1) is 0 Å². The quantitative estimate of drug-likeness (QED) is 0.651. The molecule has 0 fully saturated rings. The van der Waals surface area contributed by atoms with Gasteiger partial charge in [0.2, 0.25) is 0 Å². The third kappa shape index (κ3) is 6.74. The first-order chi connectivity index (χ1) is 13.9. The largest absolute Gasteiger partial charge is 0.497 e. The number of ether oxygens (including phenoxy) is 4. The molecule has 29 heavy (non-hydrogen) atoms. The van der Waals surface area contributed by atoms with Crippen LogP contribution in [0.4, 0.5) is 0 Å². The SMILES string of the molecule is COc1ccc(C#CCOc2cccc(CC(OC(C)C)C(=O)O)c2OC)cc1. The highest BCUT2D eigenvalue weighted by Crippen LogP contribution is 2.32. The molecule has 1 N–H and O–H groups in total. The fourth-order valence-corrected chi connectivity index (χ4v) is 2.72. The minimum Gasteiger partial charge on any atom is -0.497 e. The molecule has 154 valence electrons. The molecule has 6 heteroatoms. The molecule has 0 bridgehead atoms. The van der Waals surface area contributed by atoms with Crippen molar-refractivity contribution in [3.05, 3.63) is 53.6 Å². The van der Waals surface area contributed by atoms with Gasteiger partial charge in [-0.2, -0.15) is 0 Å². The van der Waals surface area contributed by atoms with E-state index in [2.05, 4.69) is 11.8 Å². The van der Waals surface area contributed by atoms with Crippen LogP contribution in [0, 0.1) is 11.8 Å². The first kappa shape index (κ1) is 22.1. The first-order valence-electron chi connectivity index (χ1n) is 9.24. The van der Waals surface area contributed by atoms with E-state index in [1.165, 1.54) is 7.11 Å². The minimum atomic E-state index is -1.02. The van der Waals surface area contributed by atoms with Gasteiger partial charge in [-0.25, -0.2) is 4.79 Å². The van der Waals surface area contributed by atoms with Crippen molar-refractivity contribution in [2.45, 2.75) is 32.5 Å². The van der Waals surface area contributed by atoms with Crippen molar-refractivity contribution >= 4 is 5.97 Å². The smallest absolute Gasteiger partial charge is 0.333 e. The summed E-state index contributed by atoms with van der Waals surface area (Å²) in [5.74, 6) is 6.72. The molecule has 0 spiro atoms. The van der Waals surface area contributed by atoms with Crippen molar-refractivity contribution in [3.63, 3.8) is 0 Å². The van der Waals surface area contributed by atoms with E-state index in [0.29, 0.717) is 17.1 Å². The van der Waals surface area contributed by atoms with Gasteiger partial charge in [-0.1, -0.05) is 24.0 Å². The number of carboxylic acids is 1. The summed E-state index contributed by atoms with van der Waals surface area (Å²) in [6.07, 6.45) is -0.991. The molecule has 0 radical (unpaired) electrons. The van der Waals surface area contributed by atoms with E-state index in [0.717, 1.165) is 11.3 Å². The molecule has 0 aromatic heterocycles. The summed E-state index contributed by atoms with van der Waals surface area (Å²) in [7, 11) is 3.14. The van der Waals surface area contributed by atoms with Gasteiger partial charge in [0.05, 0.1) is 20.3 Å². The van der Waals surface area contributed by atoms with Crippen LogP contribution in [0.15, 0.2) is 42.5 Å². The first-order valence-corrected chi connectivity index (χ1v) is 9.24. The van der Waals surface area contributed by atoms with Crippen molar-refractivity contribution in [3.8, 4) is 29.1 Å². The second kappa shape index (κ2) is 11.0. The van der Waals surface area contributed by atoms with Crippen molar-refractivity contribution in [2.75, 3.05) is 20.8 Å². The monoisotopic (exact) mass is 398 g/mol. The molecule has 0 amide bonds. The predicted octanol–water partition coefficient (Wildman–Crippen LogP) is 3.56. The van der Waals surface area contributed by atoms with Gasteiger partial charge in [0.25, 0.3) is 0 Å². The average molecular weight is 398 g/mol. The fraction of sp³-hybridized carbons (Fsp3) is 0.348. The van der Waals surface area contributed by atoms with Crippen molar-refractivity contribution in [1.82, 2.24) is 0 Å². The van der Waals surface area contributed by atoms with E-state index in [4.69, 9.17) is 18.9 Å². The third-order valence-corrected chi connectivity index (χ3v) is 4.00. The van der Waals surface area contributed by atoms with E-state index in [-0.39, 0.29) is 19.1 Å². The number of hydrogen-bond acceptors (Lipinski definition) is 5. The number of benzene rings is 2. The average Bonchev–Trinajstić information content (AvgIpc) is 2.71.